The van der Waals surface area contributed by atoms with Gasteiger partial charge in [-0.15, -0.1) is 0 Å². The minimum Gasteiger partial charge on any atom is -0.490 e. The number of amides is 3. The van der Waals surface area contributed by atoms with Gasteiger partial charge in [0.2, 0.25) is 0 Å². The Bertz CT molecular complexity index is 1750. The van der Waals surface area contributed by atoms with E-state index >= 15 is 0 Å². The van der Waals surface area contributed by atoms with Crippen LogP contribution < -0.4 is 14.8 Å². The number of carbonyl (C=O) groups excluding carboxylic acids is 2. The highest BCUT2D eigenvalue weighted by atomic mass is 32.2. The Morgan fingerprint density at radius 3 is 2.45 bits per heavy atom. The van der Waals surface area contributed by atoms with E-state index in [0.29, 0.717) is 19.4 Å². The number of halogens is 3. The number of likely N-dealkylation sites (N-methyl/N-ethyl adjacent to an activating group) is 1. The maximum Gasteiger partial charge on any atom is 0.416 e. The van der Waals surface area contributed by atoms with Crippen molar-refractivity contribution in [3.8, 4) is 5.75 Å². The van der Waals surface area contributed by atoms with Crippen molar-refractivity contribution < 1.29 is 45.8 Å². The van der Waals surface area contributed by atoms with Gasteiger partial charge >= 0.3 is 12.2 Å². The summed E-state index contributed by atoms with van der Waals surface area (Å²) in [6, 6.07) is 7.30. The molecule has 13 nitrogen and oxygen atoms in total. The maximum absolute atomic E-state index is 14.3. The summed E-state index contributed by atoms with van der Waals surface area (Å²) < 4.78 is 81.5. The highest BCUT2D eigenvalue weighted by Crippen LogP contribution is 2.31. The van der Waals surface area contributed by atoms with Gasteiger partial charge in [-0.3, -0.25) is 9.52 Å². The van der Waals surface area contributed by atoms with Crippen LogP contribution in [0, 0.1) is 5.92 Å². The molecule has 1 aliphatic rings. The van der Waals surface area contributed by atoms with Crippen LogP contribution in [0.5, 0.6) is 5.75 Å². The van der Waals surface area contributed by atoms with Gasteiger partial charge in [0.25, 0.3) is 15.9 Å². The van der Waals surface area contributed by atoms with Crippen molar-refractivity contribution in [3.63, 3.8) is 0 Å². The number of sulfonamides is 1. The van der Waals surface area contributed by atoms with Crippen molar-refractivity contribution in [3.05, 3.63) is 66.1 Å². The summed E-state index contributed by atoms with van der Waals surface area (Å²) in [7, 11) is -0.912. The fraction of sp³-hybridized carbons (Fsp3) is 0.500. The van der Waals surface area contributed by atoms with E-state index in [9.17, 15) is 36.3 Å². The highest BCUT2D eigenvalue weighted by molar-refractivity contribution is 7.92. The van der Waals surface area contributed by atoms with E-state index in [1.165, 1.54) is 64.3 Å². The van der Waals surface area contributed by atoms with Gasteiger partial charge in [-0.25, -0.2) is 9.78 Å². The van der Waals surface area contributed by atoms with Crippen LogP contribution in [-0.4, -0.2) is 96.4 Å². The molecule has 0 radical (unpaired) electrons. The summed E-state index contributed by atoms with van der Waals surface area (Å²) in [6.45, 7) is 5.52. The standard InChI is InChI=1S/C34H45F3N6O7S/c1-22-17-43(23(2)20-44)32(45)28-16-27(40-51(47,48)31-19-41(4)21-38-31)13-14-29(28)50-24(3)8-6-7-15-49-30(22)18-42(5)33(46)39-26-11-9-25(10-12-26)34(35,36)37/h9-14,16,19,21-24,30,40,44H,6-8,15,17-18,20H2,1-5H3,(H,39,46)/t22-,23+,24+,30+/m0/s1. The first-order valence-corrected chi connectivity index (χ1v) is 18.0. The Balaban J connectivity index is 1.59. The molecule has 0 unspecified atom stereocenters. The predicted molar refractivity (Wildman–Crippen MR) is 184 cm³/mol. The molecule has 2 aromatic carbocycles. The fourth-order valence-electron chi connectivity index (χ4n) is 5.50. The molecule has 0 saturated carbocycles. The second kappa shape index (κ2) is 16.8. The Morgan fingerprint density at radius 2 is 1.82 bits per heavy atom. The van der Waals surface area contributed by atoms with E-state index in [4.69, 9.17) is 9.47 Å². The third-order valence-corrected chi connectivity index (χ3v) is 9.79. The lowest BCUT2D eigenvalue weighted by Crippen LogP contribution is -2.48. The second-order valence-electron chi connectivity index (χ2n) is 12.9. The SMILES string of the molecule is C[C@@H]1CCCCO[C@H](CN(C)C(=O)Nc2ccc(C(F)(F)F)cc2)[C@@H](C)CN([C@H](C)CO)C(=O)c2cc(NS(=O)(=O)c3cn(C)cn3)ccc2O1. The van der Waals surface area contributed by atoms with E-state index < -0.39 is 45.8 Å². The zero-order chi connectivity index (χ0) is 37.5. The topological polar surface area (TPSA) is 155 Å². The molecular formula is C34H45F3N6O7S. The maximum atomic E-state index is 14.3. The van der Waals surface area contributed by atoms with Crippen LogP contribution in [0.1, 0.15) is 56.0 Å². The molecule has 4 atom stereocenters. The van der Waals surface area contributed by atoms with Crippen molar-refractivity contribution >= 4 is 33.3 Å². The Hall–Kier alpha value is -4.35. The highest BCUT2D eigenvalue weighted by Gasteiger charge is 2.32. The first-order valence-electron chi connectivity index (χ1n) is 16.5. The lowest BCUT2D eigenvalue weighted by Gasteiger charge is -2.35. The molecule has 0 bridgehead atoms. The number of aliphatic hydroxyl groups excluding tert-OH is 1. The molecule has 0 fully saturated rings. The Labute approximate surface area is 295 Å². The van der Waals surface area contributed by atoms with E-state index in [2.05, 4.69) is 15.0 Å². The molecule has 0 spiro atoms. The Morgan fingerprint density at radius 1 is 1.14 bits per heavy atom. The molecule has 1 aliphatic heterocycles. The van der Waals surface area contributed by atoms with E-state index in [-0.39, 0.29) is 59.4 Å². The number of alkyl halides is 3. The van der Waals surface area contributed by atoms with Crippen molar-refractivity contribution in [1.82, 2.24) is 19.4 Å². The number of fused-ring (bicyclic) bond motifs is 1. The van der Waals surface area contributed by atoms with Crippen LogP contribution in [-0.2, 0) is 28.0 Å². The van der Waals surface area contributed by atoms with Gasteiger partial charge in [0, 0.05) is 57.3 Å². The molecule has 3 N–H and O–H groups in total. The first-order chi connectivity index (χ1) is 24.0. The summed E-state index contributed by atoms with van der Waals surface area (Å²) in [4.78, 5) is 34.1. The molecule has 0 saturated heterocycles. The van der Waals surface area contributed by atoms with Crippen LogP contribution in [0.3, 0.4) is 0 Å². The third-order valence-electron chi connectivity index (χ3n) is 8.52. The molecule has 3 amide bonds. The molecule has 2 heterocycles. The lowest BCUT2D eigenvalue weighted by atomic mass is 10.0. The molecule has 17 heteroatoms. The number of aromatic nitrogens is 2. The lowest BCUT2D eigenvalue weighted by molar-refractivity contribution is -0.137. The van der Waals surface area contributed by atoms with Gasteiger partial charge in [0.15, 0.2) is 5.03 Å². The van der Waals surface area contributed by atoms with Crippen LogP contribution in [0.4, 0.5) is 29.3 Å². The quantitative estimate of drug-likeness (QED) is 0.285. The number of rotatable bonds is 8. The van der Waals surface area contributed by atoms with Crippen molar-refractivity contribution in [2.45, 2.75) is 69.5 Å². The molecule has 4 rings (SSSR count). The monoisotopic (exact) mass is 738 g/mol. The minimum atomic E-state index is -4.51. The van der Waals surface area contributed by atoms with Gasteiger partial charge < -0.3 is 34.3 Å². The minimum absolute atomic E-state index is 0.0816. The van der Waals surface area contributed by atoms with E-state index in [0.717, 1.165) is 18.6 Å². The zero-order valence-corrected chi connectivity index (χ0v) is 30.0. The fourth-order valence-corrected chi connectivity index (χ4v) is 6.53. The summed E-state index contributed by atoms with van der Waals surface area (Å²) in [5.74, 6) is -0.657. The summed E-state index contributed by atoms with van der Waals surface area (Å²) in [5, 5.41) is 12.6. The first kappa shape index (κ1) is 39.4. The van der Waals surface area contributed by atoms with Gasteiger partial charge in [-0.05, 0) is 75.6 Å². The molecule has 3 aromatic rings. The molecule has 1 aromatic heterocycles. The number of nitrogens with zero attached hydrogens (tertiary/aromatic N) is 4. The summed E-state index contributed by atoms with van der Waals surface area (Å²) in [6.07, 6.45) is -0.673. The van der Waals surface area contributed by atoms with Gasteiger partial charge in [0.1, 0.15) is 5.75 Å². The van der Waals surface area contributed by atoms with Gasteiger partial charge in [0.05, 0.1) is 42.3 Å². The van der Waals surface area contributed by atoms with Crippen LogP contribution in [0.15, 0.2) is 60.0 Å². The van der Waals surface area contributed by atoms with Gasteiger partial charge in [-0.2, -0.15) is 21.6 Å². The normalized spacial score (nSPS) is 20.1. The summed E-state index contributed by atoms with van der Waals surface area (Å²) in [5.41, 5.74) is -0.461. The number of hydrogen-bond donors (Lipinski definition) is 3. The van der Waals surface area contributed by atoms with Crippen LogP contribution in [0.25, 0.3) is 0 Å². The smallest absolute Gasteiger partial charge is 0.416 e. The number of ether oxygens (including phenoxy) is 2. The number of carbonyl (C=O) groups is 2. The number of aliphatic hydroxyl groups is 1. The number of anilines is 2. The number of aryl methyl sites for hydroxylation is 1. The largest absolute Gasteiger partial charge is 0.490 e. The average Bonchev–Trinajstić information content (AvgIpc) is 3.53. The van der Waals surface area contributed by atoms with Crippen LogP contribution in [0.2, 0.25) is 0 Å². The van der Waals surface area contributed by atoms with Gasteiger partial charge in [-0.1, -0.05) is 6.92 Å². The molecular weight excluding hydrogens is 693 g/mol. The number of imidazole rings is 1. The number of nitrogens with one attached hydrogen (secondary N) is 2. The van der Waals surface area contributed by atoms with Crippen molar-refractivity contribution in [2.24, 2.45) is 13.0 Å². The van der Waals surface area contributed by atoms with Crippen LogP contribution >= 0.6 is 0 Å². The zero-order valence-electron chi connectivity index (χ0n) is 29.2. The summed E-state index contributed by atoms with van der Waals surface area (Å²) >= 11 is 0. The molecule has 280 valence electrons. The van der Waals surface area contributed by atoms with E-state index in [1.807, 2.05) is 13.8 Å². The molecule has 0 aliphatic carbocycles. The number of urea groups is 1. The number of benzene rings is 2. The molecule has 51 heavy (non-hydrogen) atoms. The van der Waals surface area contributed by atoms with Crippen molar-refractivity contribution in [1.29, 1.82) is 0 Å². The van der Waals surface area contributed by atoms with Crippen molar-refractivity contribution in [2.75, 3.05) is 43.4 Å². The number of hydrogen-bond acceptors (Lipinski definition) is 8. The second-order valence-corrected chi connectivity index (χ2v) is 14.5. The van der Waals surface area contributed by atoms with E-state index in [1.54, 1.807) is 14.0 Å². The average molecular weight is 739 g/mol. The third kappa shape index (κ3) is 10.6. The Kier molecular flexibility index (Phi) is 13.0. The predicted octanol–water partition coefficient (Wildman–Crippen LogP) is 5.20.